The molecule has 0 amide bonds. The van der Waals surface area contributed by atoms with Crippen LogP contribution in [0.15, 0.2) is 0 Å². The molecule has 0 heterocycles. The maximum atomic E-state index is 5.75. The number of nitrogens with one attached hydrogen (secondary N) is 1. The van der Waals surface area contributed by atoms with Gasteiger partial charge in [-0.2, -0.15) is 7.05 Å². The number of rotatable bonds is 1. The molecule has 0 aliphatic carbocycles. The molecule has 0 aliphatic heterocycles. The van der Waals surface area contributed by atoms with Crippen LogP contribution in [0.25, 0.3) is 5.73 Å². The van der Waals surface area contributed by atoms with E-state index in [1.807, 2.05) is 0 Å². The van der Waals surface area contributed by atoms with E-state index in [1.165, 1.54) is 13.5 Å². The van der Waals surface area contributed by atoms with Crippen LogP contribution in [0.3, 0.4) is 0 Å². The Bertz CT molecular complexity index is 55.1. The second kappa shape index (κ2) is 15.9. The number of hydrogen-bond acceptors (Lipinski definition) is 0. The standard InChI is InChI=1S/C3H6.CH4N.CH2.U/c1-3-2;1-2;;/h1H,3H2,2H3;2H,1H3;1H2;/q;-1;;. The van der Waals surface area contributed by atoms with Gasteiger partial charge in [-0.05, 0) is 0 Å². The van der Waals surface area contributed by atoms with Gasteiger partial charge >= 0.3 is 46.6 Å². The Hall–Kier alpha value is 0.752. The summed E-state index contributed by atoms with van der Waals surface area (Å²) in [7, 11) is 1.25. The van der Waals surface area contributed by atoms with Crippen LogP contribution in [-0.2, 0) is 0 Å². The fourth-order valence-corrected chi connectivity index (χ4v) is 1.35. The molecule has 0 aromatic heterocycles. The summed E-state index contributed by atoms with van der Waals surface area (Å²) in [6, 6.07) is 0. The van der Waals surface area contributed by atoms with Crippen molar-refractivity contribution in [1.82, 2.24) is 0 Å². The van der Waals surface area contributed by atoms with Crippen molar-refractivity contribution in [3.63, 3.8) is 0 Å². The van der Waals surface area contributed by atoms with E-state index in [0.717, 1.165) is 0 Å². The van der Waals surface area contributed by atoms with Gasteiger partial charge in [-0.25, -0.2) is 0 Å². The van der Waals surface area contributed by atoms with E-state index in [1.54, 1.807) is 0 Å². The van der Waals surface area contributed by atoms with Gasteiger partial charge < -0.3 is 5.73 Å². The monoisotopic (exact) mass is 324 g/mol. The summed E-state index contributed by atoms with van der Waals surface area (Å²) in [5, 5.41) is 0. The zero-order valence-corrected chi connectivity index (χ0v) is 9.16. The van der Waals surface area contributed by atoms with Gasteiger partial charge in [0.25, 0.3) is 0 Å². The maximum absolute atomic E-state index is 5.75. The molecule has 0 aromatic rings. The van der Waals surface area contributed by atoms with E-state index in [4.69, 9.17) is 5.73 Å². The molecular formula is C5H12NU-. The number of hydrogen-bond donors (Lipinski definition) is 0. The normalized spacial score (nSPS) is 5.00. The second-order valence-electron chi connectivity index (χ2n) is 0.816. The molecule has 42 valence electrons. The summed E-state index contributed by atoms with van der Waals surface area (Å²) < 4.78 is 6.18. The molecule has 0 aliphatic rings. The summed E-state index contributed by atoms with van der Waals surface area (Å²) in [5.41, 5.74) is 5.75. The molecule has 7 heavy (non-hydrogen) atoms. The Labute approximate surface area is 59.3 Å². The molecule has 1 N–H and O–H groups in total. The van der Waals surface area contributed by atoms with E-state index >= 15 is 0 Å². The van der Waals surface area contributed by atoms with Crippen LogP contribution in [-0.4, -0.2) is 13.6 Å². The summed E-state index contributed by atoms with van der Waals surface area (Å²) in [5.74, 6) is 0. The Morgan fingerprint density at radius 1 is 1.71 bits per heavy atom. The Balaban J connectivity index is 0. The fourth-order valence-electron chi connectivity index (χ4n) is 0.144. The van der Waals surface area contributed by atoms with Crippen molar-refractivity contribution in [3.8, 4) is 0 Å². The first-order valence-corrected chi connectivity index (χ1v) is 7.61. The van der Waals surface area contributed by atoms with Crippen LogP contribution in [0.1, 0.15) is 13.3 Å². The third-order valence-corrected chi connectivity index (χ3v) is 3.25. The van der Waals surface area contributed by atoms with Gasteiger partial charge in [0.1, 0.15) is 0 Å². The van der Waals surface area contributed by atoms with Crippen molar-refractivity contribution in [2.45, 2.75) is 13.3 Å². The molecule has 0 aromatic carbocycles. The van der Waals surface area contributed by atoms with Gasteiger partial charge in [0.2, 0.25) is 0 Å². The van der Waals surface area contributed by atoms with Gasteiger partial charge in [-0.3, -0.25) is 0 Å². The summed E-state index contributed by atoms with van der Waals surface area (Å²) in [6.07, 6.45) is 1.25. The SMILES string of the molecule is C[NH-].[CH2]=[U]=[CH]CC. The van der Waals surface area contributed by atoms with Crippen molar-refractivity contribution in [2.75, 3.05) is 7.05 Å². The van der Waals surface area contributed by atoms with E-state index in [2.05, 4.69) is 13.5 Å². The van der Waals surface area contributed by atoms with Gasteiger partial charge in [0.05, 0.1) is 0 Å². The predicted molar refractivity (Wildman–Crippen MR) is 33.7 cm³/mol. The van der Waals surface area contributed by atoms with Gasteiger partial charge in [0.15, 0.2) is 0 Å². The topological polar surface area (TPSA) is 23.8 Å². The molecule has 0 saturated heterocycles. The molecular weight excluding hydrogens is 312 g/mol. The fraction of sp³-hybridized carbons (Fsp3) is 0.600. The van der Waals surface area contributed by atoms with Gasteiger partial charge in [-0.1, -0.05) is 0 Å². The van der Waals surface area contributed by atoms with Crippen LogP contribution in [0.4, 0.5) is 0 Å². The van der Waals surface area contributed by atoms with E-state index in [9.17, 15) is 0 Å². The van der Waals surface area contributed by atoms with E-state index in [-0.39, 0.29) is 0 Å². The van der Waals surface area contributed by atoms with Crippen molar-refractivity contribution in [2.24, 2.45) is 0 Å². The molecule has 0 unspecified atom stereocenters. The van der Waals surface area contributed by atoms with Crippen LogP contribution in [0, 0.1) is 26.7 Å². The van der Waals surface area contributed by atoms with Crippen LogP contribution < -0.4 is 0 Å². The van der Waals surface area contributed by atoms with Crippen molar-refractivity contribution in [3.05, 3.63) is 5.73 Å². The average molecular weight is 324 g/mol. The van der Waals surface area contributed by atoms with Crippen LogP contribution in [0.5, 0.6) is 0 Å². The molecule has 0 fully saturated rings. The van der Waals surface area contributed by atoms with Crippen molar-refractivity contribution < 1.29 is 26.7 Å². The van der Waals surface area contributed by atoms with Gasteiger partial charge in [0, 0.05) is 0 Å². The first kappa shape index (κ1) is 10.7. The van der Waals surface area contributed by atoms with Crippen LogP contribution in [0.2, 0.25) is 0 Å². The molecule has 0 bridgehead atoms. The second-order valence-corrected chi connectivity index (χ2v) is 4.22. The molecule has 0 rings (SSSR count). The van der Waals surface area contributed by atoms with E-state index < -0.39 is 26.7 Å². The van der Waals surface area contributed by atoms with Crippen molar-refractivity contribution >= 4 is 6.56 Å². The summed E-state index contributed by atoms with van der Waals surface area (Å²) >= 11 is -0.432. The minimum absolute atomic E-state index is 0.432. The van der Waals surface area contributed by atoms with Gasteiger partial charge in [-0.15, -0.1) is 0 Å². The predicted octanol–water partition coefficient (Wildman–Crippen LogP) is 1.38. The molecule has 2 heteroatoms. The first-order chi connectivity index (χ1) is 3.41. The molecule has 0 saturated carbocycles. The average Bonchev–Trinajstić information content (AvgIpc) is 1.75. The zero-order valence-electron chi connectivity index (χ0n) is 4.99. The third kappa shape index (κ3) is 20.1. The van der Waals surface area contributed by atoms with Crippen molar-refractivity contribution in [1.29, 1.82) is 0 Å². The molecule has 1 nitrogen and oxygen atoms in total. The molecule has 0 radical (unpaired) electrons. The third-order valence-electron chi connectivity index (χ3n) is 0.348. The van der Waals surface area contributed by atoms with Crippen LogP contribution >= 0.6 is 0 Å². The molecule has 0 atom stereocenters. The Morgan fingerprint density at radius 3 is 2.14 bits per heavy atom. The Morgan fingerprint density at radius 2 is 2.14 bits per heavy atom. The minimum atomic E-state index is -0.432. The Kier molecular flexibility index (Phi) is 24.2. The molecule has 0 spiro atoms. The first-order valence-electron chi connectivity index (χ1n) is 2.26. The summed E-state index contributed by atoms with van der Waals surface area (Å²) in [4.78, 5) is 0. The quantitative estimate of drug-likeness (QED) is 0.696. The van der Waals surface area contributed by atoms with E-state index in [0.29, 0.717) is 0 Å². The zero-order chi connectivity index (χ0) is 6.12. The summed E-state index contributed by atoms with van der Waals surface area (Å²) in [6.45, 7) is 2.17.